The van der Waals surface area contributed by atoms with Crippen molar-refractivity contribution in [2.75, 3.05) is 30.3 Å². The number of hydrogen-bond donors (Lipinski definition) is 0. The van der Waals surface area contributed by atoms with Crippen LogP contribution in [0.3, 0.4) is 0 Å². The molecule has 0 spiro atoms. The van der Waals surface area contributed by atoms with Crippen LogP contribution >= 0.6 is 11.3 Å². The SMILES string of the molecule is CCN(C(C)=O)c1nc(COC(=O)C2CCN(S(=O)(=O)CC)CC2)cs1. The van der Waals surface area contributed by atoms with E-state index in [1.165, 1.54) is 22.6 Å². The molecule has 0 unspecified atom stereocenters. The molecule has 146 valence electrons. The summed E-state index contributed by atoms with van der Waals surface area (Å²) in [6.45, 7) is 6.24. The molecule has 0 radical (unpaired) electrons. The molecule has 0 N–H and O–H groups in total. The fourth-order valence-electron chi connectivity index (χ4n) is 2.79. The van der Waals surface area contributed by atoms with E-state index in [2.05, 4.69) is 4.98 Å². The lowest BCUT2D eigenvalue weighted by Crippen LogP contribution is -2.41. The number of anilines is 1. The molecule has 2 heterocycles. The Balaban J connectivity index is 1.85. The number of piperidine rings is 1. The Kier molecular flexibility index (Phi) is 7.13. The topological polar surface area (TPSA) is 96.9 Å². The van der Waals surface area contributed by atoms with Gasteiger partial charge in [-0.1, -0.05) is 0 Å². The molecular weight excluding hydrogens is 378 g/mol. The van der Waals surface area contributed by atoms with Gasteiger partial charge in [-0.05, 0) is 26.7 Å². The number of carbonyl (C=O) groups excluding carboxylic acids is 2. The Labute approximate surface area is 158 Å². The number of hydrogen-bond acceptors (Lipinski definition) is 7. The standard InChI is InChI=1S/C16H25N3O5S2/c1-4-19(12(3)20)16-17-14(11-25-16)10-24-15(21)13-6-8-18(9-7-13)26(22,23)5-2/h11,13H,4-10H2,1-3H3. The van der Waals surface area contributed by atoms with Crippen molar-refractivity contribution in [3.63, 3.8) is 0 Å². The third-order valence-corrected chi connectivity index (χ3v) is 7.17. The summed E-state index contributed by atoms with van der Waals surface area (Å²) < 4.78 is 30.5. The first-order valence-electron chi connectivity index (χ1n) is 8.65. The zero-order valence-electron chi connectivity index (χ0n) is 15.3. The van der Waals surface area contributed by atoms with Gasteiger partial charge >= 0.3 is 5.97 Å². The maximum Gasteiger partial charge on any atom is 0.309 e. The normalized spacial score (nSPS) is 16.4. The van der Waals surface area contributed by atoms with Gasteiger partial charge in [-0.3, -0.25) is 14.5 Å². The molecule has 1 saturated heterocycles. The fourth-order valence-corrected chi connectivity index (χ4v) is 4.84. The van der Waals surface area contributed by atoms with Crippen LogP contribution in [0, 0.1) is 5.92 Å². The maximum absolute atomic E-state index is 12.2. The minimum atomic E-state index is -3.20. The van der Waals surface area contributed by atoms with Gasteiger partial charge in [0.2, 0.25) is 15.9 Å². The monoisotopic (exact) mass is 403 g/mol. The van der Waals surface area contributed by atoms with E-state index >= 15 is 0 Å². The predicted octanol–water partition coefficient (Wildman–Crippen LogP) is 1.62. The molecule has 26 heavy (non-hydrogen) atoms. The summed E-state index contributed by atoms with van der Waals surface area (Å²) in [4.78, 5) is 29.6. The number of aromatic nitrogens is 1. The van der Waals surface area contributed by atoms with Crippen LogP contribution in [0.1, 0.15) is 39.3 Å². The van der Waals surface area contributed by atoms with Gasteiger partial charge in [0.1, 0.15) is 6.61 Å². The highest BCUT2D eigenvalue weighted by molar-refractivity contribution is 7.89. The van der Waals surface area contributed by atoms with Gasteiger partial charge in [-0.25, -0.2) is 17.7 Å². The molecule has 1 fully saturated rings. The minimum Gasteiger partial charge on any atom is -0.459 e. The Bertz CT molecular complexity index is 739. The molecular formula is C16H25N3O5S2. The second-order valence-corrected chi connectivity index (χ2v) is 9.16. The van der Waals surface area contributed by atoms with Crippen molar-refractivity contribution in [2.45, 2.75) is 40.2 Å². The highest BCUT2D eigenvalue weighted by Crippen LogP contribution is 2.23. The molecule has 10 heteroatoms. The average Bonchev–Trinajstić information content (AvgIpc) is 3.08. The average molecular weight is 404 g/mol. The highest BCUT2D eigenvalue weighted by Gasteiger charge is 2.31. The van der Waals surface area contributed by atoms with Gasteiger partial charge in [-0.15, -0.1) is 11.3 Å². The summed E-state index contributed by atoms with van der Waals surface area (Å²) in [5, 5.41) is 2.36. The second-order valence-electron chi connectivity index (χ2n) is 6.07. The predicted molar refractivity (Wildman–Crippen MR) is 99.4 cm³/mol. The molecule has 0 aromatic carbocycles. The molecule has 0 bridgehead atoms. The van der Waals surface area contributed by atoms with Crippen molar-refractivity contribution in [2.24, 2.45) is 5.92 Å². The van der Waals surface area contributed by atoms with Crippen molar-refractivity contribution in [1.82, 2.24) is 9.29 Å². The zero-order chi connectivity index (χ0) is 19.3. The molecule has 0 aliphatic carbocycles. The number of amides is 1. The molecule has 1 aromatic rings. The quantitative estimate of drug-likeness (QED) is 0.642. The van der Waals surface area contributed by atoms with E-state index in [0.717, 1.165) is 0 Å². The molecule has 1 amide bonds. The van der Waals surface area contributed by atoms with E-state index in [-0.39, 0.29) is 30.2 Å². The summed E-state index contributed by atoms with van der Waals surface area (Å²) in [5.41, 5.74) is 0.601. The number of rotatable bonds is 7. The molecule has 1 aliphatic rings. The summed E-state index contributed by atoms with van der Waals surface area (Å²) in [5.74, 6) is -0.629. The smallest absolute Gasteiger partial charge is 0.309 e. The van der Waals surface area contributed by atoms with Gasteiger partial charge in [-0.2, -0.15) is 0 Å². The Hall–Kier alpha value is -1.52. The number of esters is 1. The van der Waals surface area contributed by atoms with Gasteiger partial charge in [0.25, 0.3) is 0 Å². The molecule has 0 atom stereocenters. The molecule has 0 saturated carbocycles. The lowest BCUT2D eigenvalue weighted by Gasteiger charge is -2.29. The minimum absolute atomic E-state index is 0.0538. The van der Waals surface area contributed by atoms with E-state index in [9.17, 15) is 18.0 Å². The van der Waals surface area contributed by atoms with Crippen molar-refractivity contribution < 1.29 is 22.7 Å². The third kappa shape index (κ3) is 5.01. The number of ether oxygens (including phenoxy) is 1. The van der Waals surface area contributed by atoms with E-state index in [1.807, 2.05) is 6.92 Å². The van der Waals surface area contributed by atoms with Crippen molar-refractivity contribution in [3.8, 4) is 0 Å². The summed E-state index contributed by atoms with van der Waals surface area (Å²) in [6.07, 6.45) is 0.933. The summed E-state index contributed by atoms with van der Waals surface area (Å²) in [6, 6.07) is 0. The van der Waals surface area contributed by atoms with Gasteiger partial charge < -0.3 is 4.74 Å². The first-order chi connectivity index (χ1) is 12.3. The van der Waals surface area contributed by atoms with Crippen LogP contribution in [0.2, 0.25) is 0 Å². The third-order valence-electron chi connectivity index (χ3n) is 4.37. The first kappa shape index (κ1) is 20.8. The van der Waals surface area contributed by atoms with Crippen LogP contribution in [-0.2, 0) is 31.0 Å². The van der Waals surface area contributed by atoms with E-state index in [4.69, 9.17) is 4.74 Å². The Morgan fingerprint density at radius 3 is 2.54 bits per heavy atom. The van der Waals surface area contributed by atoms with Crippen molar-refractivity contribution >= 4 is 38.4 Å². The number of sulfonamides is 1. The van der Waals surface area contributed by atoms with Crippen LogP contribution < -0.4 is 4.90 Å². The van der Waals surface area contributed by atoms with Crippen molar-refractivity contribution in [1.29, 1.82) is 0 Å². The number of nitrogens with zero attached hydrogens (tertiary/aromatic N) is 3. The van der Waals surface area contributed by atoms with Crippen LogP contribution in [-0.4, -0.2) is 55.0 Å². The van der Waals surface area contributed by atoms with E-state index in [1.54, 1.807) is 17.2 Å². The maximum atomic E-state index is 12.2. The molecule has 1 aromatic heterocycles. The second kappa shape index (κ2) is 8.92. The van der Waals surface area contributed by atoms with Crippen LogP contribution in [0.15, 0.2) is 5.38 Å². The largest absolute Gasteiger partial charge is 0.459 e. The van der Waals surface area contributed by atoms with Gasteiger partial charge in [0.15, 0.2) is 5.13 Å². The van der Waals surface area contributed by atoms with E-state index in [0.29, 0.717) is 43.3 Å². The van der Waals surface area contributed by atoms with E-state index < -0.39 is 10.0 Å². The van der Waals surface area contributed by atoms with Crippen LogP contribution in [0.4, 0.5) is 5.13 Å². The van der Waals surface area contributed by atoms with Gasteiger partial charge in [0, 0.05) is 31.9 Å². The lowest BCUT2D eigenvalue weighted by atomic mass is 9.98. The van der Waals surface area contributed by atoms with Gasteiger partial charge in [0.05, 0.1) is 17.4 Å². The number of thiazole rings is 1. The molecule has 1 aliphatic heterocycles. The highest BCUT2D eigenvalue weighted by atomic mass is 32.2. The summed E-state index contributed by atoms with van der Waals surface area (Å²) >= 11 is 1.33. The fraction of sp³-hybridized carbons (Fsp3) is 0.688. The first-order valence-corrected chi connectivity index (χ1v) is 11.1. The number of carbonyl (C=O) groups is 2. The molecule has 2 rings (SSSR count). The Morgan fingerprint density at radius 1 is 1.35 bits per heavy atom. The van der Waals surface area contributed by atoms with Crippen LogP contribution in [0.25, 0.3) is 0 Å². The molecule has 8 nitrogen and oxygen atoms in total. The Morgan fingerprint density at radius 2 is 2.00 bits per heavy atom. The van der Waals surface area contributed by atoms with Crippen molar-refractivity contribution in [3.05, 3.63) is 11.1 Å². The zero-order valence-corrected chi connectivity index (χ0v) is 16.9. The summed E-state index contributed by atoms with van der Waals surface area (Å²) in [7, 11) is -3.20. The lowest BCUT2D eigenvalue weighted by molar-refractivity contribution is -0.151. The van der Waals surface area contributed by atoms with Crippen LogP contribution in [0.5, 0.6) is 0 Å².